The minimum atomic E-state index is -0.718. The molecule has 0 aliphatic heterocycles. The van der Waals surface area contributed by atoms with E-state index in [1.165, 1.54) is 10.8 Å². The summed E-state index contributed by atoms with van der Waals surface area (Å²) in [5.74, 6) is 0.257. The van der Waals surface area contributed by atoms with Crippen molar-refractivity contribution in [2.45, 2.75) is 13.5 Å². The zero-order chi connectivity index (χ0) is 16.2. The molecule has 0 aliphatic carbocycles. The molecule has 0 spiro atoms. The van der Waals surface area contributed by atoms with Crippen LogP contribution in [-0.4, -0.2) is 24.4 Å². The van der Waals surface area contributed by atoms with Gasteiger partial charge < -0.3 is 14.2 Å². The molecule has 118 valence electrons. The van der Waals surface area contributed by atoms with E-state index in [2.05, 4.69) is 15.3 Å². The highest BCUT2D eigenvalue weighted by atomic mass is 33.1. The summed E-state index contributed by atoms with van der Waals surface area (Å²) in [7, 11) is 1.38. The lowest BCUT2D eigenvalue weighted by atomic mass is 10.2. The van der Waals surface area contributed by atoms with Gasteiger partial charge in [-0.1, -0.05) is 47.1 Å². The average Bonchev–Trinajstić information content (AvgIpc) is 2.53. The highest BCUT2D eigenvalue weighted by molar-refractivity contribution is 8.75. The molecule has 8 nitrogen and oxygen atoms in total. The van der Waals surface area contributed by atoms with E-state index in [-0.39, 0.29) is 13.2 Å². The first-order valence-electron chi connectivity index (χ1n) is 6.19. The van der Waals surface area contributed by atoms with E-state index >= 15 is 0 Å². The predicted molar refractivity (Wildman–Crippen MR) is 85.3 cm³/mol. The molecule has 0 aliphatic rings. The third kappa shape index (κ3) is 7.67. The molecular weight excluding hydrogens is 328 g/mol. The van der Waals surface area contributed by atoms with Gasteiger partial charge in [0.1, 0.15) is 24.2 Å². The maximum atomic E-state index is 11.4. The molecule has 0 atom stereocenters. The van der Waals surface area contributed by atoms with Gasteiger partial charge in [0, 0.05) is 16.4 Å². The van der Waals surface area contributed by atoms with Crippen molar-refractivity contribution < 1.29 is 18.5 Å². The number of ether oxygens (including phenoxy) is 1. The van der Waals surface area contributed by atoms with Crippen molar-refractivity contribution >= 4 is 39.6 Å². The first-order valence-corrected chi connectivity index (χ1v) is 8.43. The zero-order valence-corrected chi connectivity index (χ0v) is 13.4. The van der Waals surface area contributed by atoms with Crippen molar-refractivity contribution in [2.75, 3.05) is 12.3 Å². The number of rotatable bonds is 8. The van der Waals surface area contributed by atoms with Crippen LogP contribution in [0.5, 0.6) is 0 Å². The molecular formula is C12H14N4O4S2. The van der Waals surface area contributed by atoms with Crippen LogP contribution in [0.25, 0.3) is 10.4 Å². The van der Waals surface area contributed by atoms with Crippen molar-refractivity contribution in [3.8, 4) is 0 Å². The second-order valence-electron chi connectivity index (χ2n) is 3.72. The first-order chi connectivity index (χ1) is 10.7. The highest BCUT2D eigenvalue weighted by Gasteiger charge is 2.08. The number of benzene rings is 1. The second-order valence-corrected chi connectivity index (χ2v) is 5.95. The summed E-state index contributed by atoms with van der Waals surface area (Å²) in [6.45, 7) is 1.71. The van der Waals surface area contributed by atoms with Crippen molar-refractivity contribution in [1.82, 2.24) is 5.32 Å². The number of hydrogen-bond donors (Lipinski definition) is 1. The molecule has 0 saturated heterocycles. The predicted octanol–water partition coefficient (Wildman–Crippen LogP) is 3.71. The van der Waals surface area contributed by atoms with Crippen molar-refractivity contribution in [1.29, 1.82) is 0 Å². The van der Waals surface area contributed by atoms with Crippen LogP contribution in [0.3, 0.4) is 0 Å². The number of azide groups is 1. The third-order valence-electron chi connectivity index (χ3n) is 2.14. The first kappa shape index (κ1) is 18.0. The topological polar surface area (TPSA) is 113 Å². The van der Waals surface area contributed by atoms with E-state index in [0.29, 0.717) is 5.69 Å². The van der Waals surface area contributed by atoms with Crippen molar-refractivity contribution in [3.63, 3.8) is 0 Å². The van der Waals surface area contributed by atoms with Crippen molar-refractivity contribution in [3.05, 3.63) is 40.3 Å². The molecule has 1 N–H and O–H groups in total. The number of hydrogen-bond acceptors (Lipinski definition) is 7. The SMILES string of the molecule is CCSSOC(=O)CNC(=O)OCc1ccc(N=[N+]=[N-])cc1. The van der Waals surface area contributed by atoms with Gasteiger partial charge in [-0.2, -0.15) is 0 Å². The fourth-order valence-corrected chi connectivity index (χ4v) is 2.13. The maximum absolute atomic E-state index is 11.4. The summed E-state index contributed by atoms with van der Waals surface area (Å²) in [4.78, 5) is 25.3. The van der Waals surface area contributed by atoms with Crippen LogP contribution in [-0.2, 0) is 20.3 Å². The lowest BCUT2D eigenvalue weighted by Crippen LogP contribution is -2.30. The van der Waals surface area contributed by atoms with Gasteiger partial charge in [0.2, 0.25) is 0 Å². The highest BCUT2D eigenvalue weighted by Crippen LogP contribution is 2.21. The summed E-state index contributed by atoms with van der Waals surface area (Å²) in [6, 6.07) is 6.56. The Balaban J connectivity index is 2.25. The third-order valence-corrected chi connectivity index (χ3v) is 3.92. The minimum absolute atomic E-state index is 0.0395. The Labute approximate surface area is 135 Å². The number of carbonyl (C=O) groups excluding carboxylic acids is 2. The summed E-state index contributed by atoms with van der Waals surface area (Å²) >= 11 is 0.969. The molecule has 22 heavy (non-hydrogen) atoms. The van der Waals surface area contributed by atoms with Crippen LogP contribution in [0, 0.1) is 0 Å². The van der Waals surface area contributed by atoms with E-state index in [1.54, 1.807) is 24.3 Å². The molecule has 0 unspecified atom stereocenters. The van der Waals surface area contributed by atoms with E-state index in [4.69, 9.17) is 14.5 Å². The summed E-state index contributed by atoms with van der Waals surface area (Å²) in [5, 5.41) is 5.71. The van der Waals surface area contributed by atoms with Gasteiger partial charge in [-0.3, -0.25) is 0 Å². The number of nitrogens with one attached hydrogen (secondary N) is 1. The monoisotopic (exact) mass is 342 g/mol. The standard InChI is InChI=1S/C12H14N4O4S2/c1-2-21-22-20-11(17)7-14-12(18)19-8-9-3-5-10(6-4-9)15-16-13/h3-6H,2,7-8H2,1H3,(H,14,18). The Kier molecular flexibility index (Phi) is 8.73. The Morgan fingerprint density at radius 2 is 2.09 bits per heavy atom. The van der Waals surface area contributed by atoms with Gasteiger partial charge in [0.05, 0.1) is 0 Å². The van der Waals surface area contributed by atoms with Gasteiger partial charge in [-0.05, 0) is 11.1 Å². The smallest absolute Gasteiger partial charge is 0.407 e. The Bertz CT molecular complexity index is 547. The normalized spacial score (nSPS) is 9.50. The summed E-state index contributed by atoms with van der Waals surface area (Å²) in [6.07, 6.45) is -0.718. The molecule has 1 amide bonds. The zero-order valence-electron chi connectivity index (χ0n) is 11.7. The van der Waals surface area contributed by atoms with Gasteiger partial charge in [-0.25, -0.2) is 9.59 Å². The molecule has 0 radical (unpaired) electrons. The molecule has 10 heteroatoms. The van der Waals surface area contributed by atoms with E-state index in [1.807, 2.05) is 6.92 Å². The van der Waals surface area contributed by atoms with Crippen LogP contribution in [0.2, 0.25) is 0 Å². The molecule has 0 heterocycles. The average molecular weight is 342 g/mol. The van der Waals surface area contributed by atoms with Crippen LogP contribution >= 0.6 is 21.9 Å². The number of alkyl carbamates (subject to hydrolysis) is 1. The fourth-order valence-electron chi connectivity index (χ4n) is 1.19. The number of nitrogens with zero attached hydrogens (tertiary/aromatic N) is 3. The van der Waals surface area contributed by atoms with E-state index in [0.717, 1.165) is 22.4 Å². The summed E-state index contributed by atoms with van der Waals surface area (Å²) < 4.78 is 9.69. The quantitative estimate of drug-likeness (QED) is 0.192. The van der Waals surface area contributed by atoms with Gasteiger partial charge in [0.15, 0.2) is 0 Å². The van der Waals surface area contributed by atoms with Crippen molar-refractivity contribution in [2.24, 2.45) is 5.11 Å². The van der Waals surface area contributed by atoms with Crippen LogP contribution in [0.15, 0.2) is 29.4 Å². The van der Waals surface area contributed by atoms with Crippen LogP contribution < -0.4 is 5.32 Å². The van der Waals surface area contributed by atoms with Gasteiger partial charge in [0.25, 0.3) is 0 Å². The molecule has 0 fully saturated rings. The molecule has 1 aromatic carbocycles. The number of carbonyl (C=O) groups is 2. The maximum Gasteiger partial charge on any atom is 0.407 e. The number of amides is 1. The molecule has 0 bridgehead atoms. The molecule has 1 rings (SSSR count). The summed E-state index contributed by atoms with van der Waals surface area (Å²) in [5.41, 5.74) is 9.48. The largest absolute Gasteiger partial charge is 0.445 e. The Morgan fingerprint density at radius 1 is 1.36 bits per heavy atom. The second kappa shape index (κ2) is 10.7. The van der Waals surface area contributed by atoms with Gasteiger partial charge >= 0.3 is 12.1 Å². The van der Waals surface area contributed by atoms with Crippen LogP contribution in [0.1, 0.15) is 12.5 Å². The lowest BCUT2D eigenvalue weighted by Gasteiger charge is -2.06. The van der Waals surface area contributed by atoms with Crippen LogP contribution in [0.4, 0.5) is 10.5 Å². The molecule has 0 saturated carbocycles. The Hall–Kier alpha value is -2.03. The van der Waals surface area contributed by atoms with Gasteiger partial charge in [-0.15, -0.1) is 0 Å². The minimum Gasteiger partial charge on any atom is -0.445 e. The lowest BCUT2D eigenvalue weighted by molar-refractivity contribution is -0.131. The van der Waals surface area contributed by atoms with E-state index in [9.17, 15) is 9.59 Å². The molecule has 0 aromatic heterocycles. The van der Waals surface area contributed by atoms with E-state index < -0.39 is 12.1 Å². The fraction of sp³-hybridized carbons (Fsp3) is 0.333. The Morgan fingerprint density at radius 3 is 2.73 bits per heavy atom. The molecule has 1 aromatic rings.